The Bertz CT molecular complexity index is 964. The average molecular weight is 401 g/mol. The number of likely N-dealkylation sites (tertiary alicyclic amines) is 1. The highest BCUT2D eigenvalue weighted by molar-refractivity contribution is 7.18. The van der Waals surface area contributed by atoms with Crippen LogP contribution in [-0.2, 0) is 11.3 Å². The number of piperidine rings is 1. The number of carbonyl (C=O) groups excluding carboxylic acids is 1. The number of fused-ring (bicyclic) bond motifs is 1. The molecular formula is C21H21ClN2O2S. The van der Waals surface area contributed by atoms with Crippen LogP contribution in [0.3, 0.4) is 0 Å². The minimum Gasteiger partial charge on any atom is -0.427 e. The number of aromatic nitrogens is 1. The first-order valence-electron chi connectivity index (χ1n) is 9.12. The number of rotatable bonds is 4. The summed E-state index contributed by atoms with van der Waals surface area (Å²) < 4.78 is 6.35. The first-order valence-corrected chi connectivity index (χ1v) is 10.3. The van der Waals surface area contributed by atoms with Crippen LogP contribution in [0, 0.1) is 0 Å². The van der Waals surface area contributed by atoms with Gasteiger partial charge >= 0.3 is 5.97 Å². The number of hydrogen-bond acceptors (Lipinski definition) is 5. The third kappa shape index (κ3) is 4.49. The fraction of sp³-hybridized carbons (Fsp3) is 0.333. The van der Waals surface area contributed by atoms with Crippen LogP contribution in [0.15, 0.2) is 42.5 Å². The average Bonchev–Trinajstić information content (AvgIpc) is 3.05. The topological polar surface area (TPSA) is 42.4 Å². The molecule has 3 aromatic rings. The Labute approximate surface area is 167 Å². The lowest BCUT2D eigenvalue weighted by Gasteiger charge is -2.31. The summed E-state index contributed by atoms with van der Waals surface area (Å²) in [6, 6.07) is 13.7. The van der Waals surface area contributed by atoms with Gasteiger partial charge in [0.05, 0.1) is 15.2 Å². The maximum atomic E-state index is 11.1. The molecule has 4 rings (SSSR count). The van der Waals surface area contributed by atoms with Crippen LogP contribution in [0.5, 0.6) is 5.75 Å². The van der Waals surface area contributed by atoms with E-state index < -0.39 is 0 Å². The van der Waals surface area contributed by atoms with Crippen LogP contribution in [0.1, 0.15) is 36.3 Å². The predicted octanol–water partition coefficient (Wildman–Crippen LogP) is 5.25. The normalized spacial score (nSPS) is 15.9. The van der Waals surface area contributed by atoms with E-state index in [1.807, 2.05) is 36.4 Å². The molecule has 4 nitrogen and oxygen atoms in total. The third-order valence-electron chi connectivity index (χ3n) is 4.87. The van der Waals surface area contributed by atoms with Crippen molar-refractivity contribution in [2.24, 2.45) is 0 Å². The van der Waals surface area contributed by atoms with Gasteiger partial charge in [-0.15, -0.1) is 11.3 Å². The van der Waals surface area contributed by atoms with Crippen LogP contribution in [0.25, 0.3) is 10.2 Å². The molecule has 6 heteroatoms. The number of benzene rings is 2. The summed E-state index contributed by atoms with van der Waals surface area (Å²) in [6.07, 6.45) is 2.22. The molecule has 0 atom stereocenters. The summed E-state index contributed by atoms with van der Waals surface area (Å²) in [6.45, 7) is 4.38. The molecule has 0 spiro atoms. The van der Waals surface area contributed by atoms with E-state index in [9.17, 15) is 4.79 Å². The van der Waals surface area contributed by atoms with E-state index in [-0.39, 0.29) is 5.97 Å². The van der Waals surface area contributed by atoms with Gasteiger partial charge in [-0.2, -0.15) is 0 Å². The first kappa shape index (κ1) is 18.4. The van der Waals surface area contributed by atoms with Crippen molar-refractivity contribution in [1.82, 2.24) is 9.88 Å². The molecule has 0 saturated carbocycles. The summed E-state index contributed by atoms with van der Waals surface area (Å²) in [5.41, 5.74) is 2.21. The molecular weight excluding hydrogens is 380 g/mol. The summed E-state index contributed by atoms with van der Waals surface area (Å²) in [4.78, 5) is 18.4. The van der Waals surface area contributed by atoms with Crippen LogP contribution in [0.2, 0.25) is 5.02 Å². The zero-order chi connectivity index (χ0) is 18.8. The van der Waals surface area contributed by atoms with Gasteiger partial charge in [0.1, 0.15) is 5.75 Å². The standard InChI is InChI=1S/C21H21ClN2O2S/c1-14(25)26-18-4-2-3-15(11-18)13-24-9-7-16(8-10-24)21-23-19-6-5-17(22)12-20(19)27-21/h2-6,11-12,16H,7-10,13H2,1H3. The van der Waals surface area contributed by atoms with Gasteiger partial charge in [-0.25, -0.2) is 4.98 Å². The maximum Gasteiger partial charge on any atom is 0.308 e. The van der Waals surface area contributed by atoms with E-state index in [1.54, 1.807) is 11.3 Å². The lowest BCUT2D eigenvalue weighted by Crippen LogP contribution is -2.32. The third-order valence-corrected chi connectivity index (χ3v) is 6.29. The number of halogens is 1. The molecule has 0 bridgehead atoms. The van der Waals surface area contributed by atoms with E-state index in [1.165, 1.54) is 22.2 Å². The van der Waals surface area contributed by atoms with Gasteiger partial charge in [0, 0.05) is 24.4 Å². The van der Waals surface area contributed by atoms with E-state index in [0.29, 0.717) is 11.7 Å². The summed E-state index contributed by atoms with van der Waals surface area (Å²) in [7, 11) is 0. The Balaban J connectivity index is 1.37. The highest BCUT2D eigenvalue weighted by Gasteiger charge is 2.23. The second-order valence-corrected chi connectivity index (χ2v) is 8.45. The van der Waals surface area contributed by atoms with Crippen molar-refractivity contribution in [2.45, 2.75) is 32.2 Å². The van der Waals surface area contributed by atoms with Gasteiger partial charge in [0.2, 0.25) is 0 Å². The fourth-order valence-electron chi connectivity index (χ4n) is 3.56. The predicted molar refractivity (Wildman–Crippen MR) is 110 cm³/mol. The van der Waals surface area contributed by atoms with Crippen LogP contribution < -0.4 is 4.74 Å². The van der Waals surface area contributed by atoms with Crippen molar-refractivity contribution in [3.63, 3.8) is 0 Å². The molecule has 2 heterocycles. The van der Waals surface area contributed by atoms with Crippen molar-refractivity contribution >= 4 is 39.1 Å². The monoisotopic (exact) mass is 400 g/mol. The van der Waals surface area contributed by atoms with Crippen LogP contribution >= 0.6 is 22.9 Å². The molecule has 140 valence electrons. The van der Waals surface area contributed by atoms with E-state index in [2.05, 4.69) is 11.0 Å². The Hall–Kier alpha value is -1.95. The number of ether oxygens (including phenoxy) is 1. The molecule has 0 amide bonds. The number of esters is 1. The smallest absolute Gasteiger partial charge is 0.308 e. The van der Waals surface area contributed by atoms with Crippen LogP contribution in [0.4, 0.5) is 0 Å². The number of carbonyl (C=O) groups is 1. The van der Waals surface area contributed by atoms with Gasteiger partial charge < -0.3 is 4.74 Å². The lowest BCUT2D eigenvalue weighted by molar-refractivity contribution is -0.131. The fourth-order valence-corrected chi connectivity index (χ4v) is 4.97. The van der Waals surface area contributed by atoms with Crippen molar-refractivity contribution in [3.8, 4) is 5.75 Å². The molecule has 27 heavy (non-hydrogen) atoms. The van der Waals surface area contributed by atoms with Gasteiger partial charge in [0.15, 0.2) is 0 Å². The molecule has 1 fully saturated rings. The minimum absolute atomic E-state index is 0.287. The van der Waals surface area contributed by atoms with Crippen molar-refractivity contribution in [1.29, 1.82) is 0 Å². The number of thiazole rings is 1. The van der Waals surface area contributed by atoms with E-state index in [0.717, 1.165) is 43.0 Å². The van der Waals surface area contributed by atoms with Gasteiger partial charge in [-0.05, 0) is 61.8 Å². The second kappa shape index (κ2) is 7.97. The Kier molecular flexibility index (Phi) is 5.43. The number of hydrogen-bond donors (Lipinski definition) is 0. The molecule has 0 N–H and O–H groups in total. The van der Waals surface area contributed by atoms with Crippen molar-refractivity contribution in [3.05, 3.63) is 58.1 Å². The Morgan fingerprint density at radius 1 is 1.26 bits per heavy atom. The van der Waals surface area contributed by atoms with Crippen LogP contribution in [-0.4, -0.2) is 28.9 Å². The molecule has 1 aliphatic heterocycles. The molecule has 0 radical (unpaired) electrons. The minimum atomic E-state index is -0.287. The molecule has 2 aromatic carbocycles. The molecule has 0 unspecified atom stereocenters. The zero-order valence-electron chi connectivity index (χ0n) is 15.2. The molecule has 1 saturated heterocycles. The zero-order valence-corrected chi connectivity index (χ0v) is 16.7. The van der Waals surface area contributed by atoms with Gasteiger partial charge in [0.25, 0.3) is 0 Å². The largest absolute Gasteiger partial charge is 0.427 e. The maximum absolute atomic E-state index is 11.1. The van der Waals surface area contributed by atoms with Gasteiger partial charge in [-0.1, -0.05) is 23.7 Å². The second-order valence-electron chi connectivity index (χ2n) is 6.96. The lowest BCUT2D eigenvalue weighted by atomic mass is 9.97. The highest BCUT2D eigenvalue weighted by Crippen LogP contribution is 2.35. The summed E-state index contributed by atoms with van der Waals surface area (Å²) >= 11 is 7.86. The Morgan fingerprint density at radius 3 is 2.85 bits per heavy atom. The summed E-state index contributed by atoms with van der Waals surface area (Å²) in [5.74, 6) is 0.845. The van der Waals surface area contributed by atoms with E-state index in [4.69, 9.17) is 21.3 Å². The number of nitrogens with zero attached hydrogens (tertiary/aromatic N) is 2. The van der Waals surface area contributed by atoms with Crippen molar-refractivity contribution in [2.75, 3.05) is 13.1 Å². The first-order chi connectivity index (χ1) is 13.1. The van der Waals surface area contributed by atoms with E-state index >= 15 is 0 Å². The van der Waals surface area contributed by atoms with Crippen molar-refractivity contribution < 1.29 is 9.53 Å². The SMILES string of the molecule is CC(=O)Oc1cccc(CN2CCC(c3nc4ccc(Cl)cc4s3)CC2)c1. The van der Waals surface area contributed by atoms with Gasteiger partial charge in [-0.3, -0.25) is 9.69 Å². The highest BCUT2D eigenvalue weighted by atomic mass is 35.5. The Morgan fingerprint density at radius 2 is 2.07 bits per heavy atom. The molecule has 1 aromatic heterocycles. The summed E-state index contributed by atoms with van der Waals surface area (Å²) in [5, 5.41) is 1.99. The quantitative estimate of drug-likeness (QED) is 0.442. The molecule has 1 aliphatic rings. The molecule has 0 aliphatic carbocycles.